The summed E-state index contributed by atoms with van der Waals surface area (Å²) in [6.07, 6.45) is 14.2. The first-order chi connectivity index (χ1) is 21.1. The van der Waals surface area contributed by atoms with Gasteiger partial charge in [-0.15, -0.1) is 0 Å². The number of nitrogens with zero attached hydrogens (tertiary/aromatic N) is 2. The van der Waals surface area contributed by atoms with E-state index in [1.165, 1.54) is 33.1 Å². The summed E-state index contributed by atoms with van der Waals surface area (Å²) in [4.78, 5) is 11.2. The average Bonchev–Trinajstić information content (AvgIpc) is 3.01. The fraction of sp³-hybridized carbons (Fsp3) is 0.238. The van der Waals surface area contributed by atoms with Gasteiger partial charge < -0.3 is 0 Å². The van der Waals surface area contributed by atoms with Gasteiger partial charge in [0.2, 0.25) is 0 Å². The van der Waals surface area contributed by atoms with Gasteiger partial charge in [0.05, 0.1) is 22.8 Å². The fourth-order valence-corrected chi connectivity index (χ4v) is 6.66. The van der Waals surface area contributed by atoms with Crippen molar-refractivity contribution < 1.29 is 0 Å². The van der Waals surface area contributed by atoms with Gasteiger partial charge in [-0.05, 0) is 56.0 Å². The van der Waals surface area contributed by atoms with Crippen LogP contribution in [0.1, 0.15) is 41.5 Å². The quantitative estimate of drug-likeness (QED) is 0.228. The number of hydrogen-bond acceptors (Lipinski definition) is 2. The molecule has 0 radical (unpaired) electrons. The van der Waals surface area contributed by atoms with Gasteiger partial charge in [-0.25, -0.2) is 9.98 Å². The third-order valence-electron chi connectivity index (χ3n) is 9.18. The Morgan fingerprint density at radius 3 is 1.25 bits per heavy atom. The largest absolute Gasteiger partial charge is 0.250 e. The minimum atomic E-state index is 0.00223. The number of benzene rings is 4. The maximum atomic E-state index is 5.60. The highest BCUT2D eigenvalue weighted by molar-refractivity contribution is 6.48. The predicted molar refractivity (Wildman–Crippen MR) is 189 cm³/mol. The summed E-state index contributed by atoms with van der Waals surface area (Å²) in [6, 6.07) is 30.0. The van der Waals surface area contributed by atoms with Crippen molar-refractivity contribution in [2.24, 2.45) is 32.7 Å². The number of aliphatic imine (C=N–C) groups is 2. The van der Waals surface area contributed by atoms with Crippen molar-refractivity contribution in [3.05, 3.63) is 144 Å². The summed E-state index contributed by atoms with van der Waals surface area (Å²) in [6.45, 7) is 13.7. The third kappa shape index (κ3) is 5.03. The molecule has 0 bridgehead atoms. The zero-order valence-electron chi connectivity index (χ0n) is 26.6. The Balaban J connectivity index is 1.56. The molecule has 0 heterocycles. The lowest BCUT2D eigenvalue weighted by molar-refractivity contribution is 0.510. The molecule has 2 unspecified atom stereocenters. The highest BCUT2D eigenvalue weighted by Crippen LogP contribution is 2.46. The summed E-state index contributed by atoms with van der Waals surface area (Å²) in [5.74, 6) is 0.00446. The van der Waals surface area contributed by atoms with Crippen LogP contribution < -0.4 is 0 Å². The van der Waals surface area contributed by atoms with Gasteiger partial charge >= 0.3 is 0 Å². The van der Waals surface area contributed by atoms with Crippen molar-refractivity contribution in [1.82, 2.24) is 0 Å². The molecule has 7 rings (SSSR count). The number of rotatable bonds is 2. The predicted octanol–water partition coefficient (Wildman–Crippen LogP) is 11.5. The van der Waals surface area contributed by atoms with Gasteiger partial charge in [0.15, 0.2) is 0 Å². The molecule has 0 fully saturated rings. The van der Waals surface area contributed by atoms with Crippen molar-refractivity contribution in [3.8, 4) is 0 Å². The second-order valence-corrected chi connectivity index (χ2v) is 14.3. The first kappa shape index (κ1) is 28.2. The maximum Gasteiger partial charge on any atom is 0.0748 e. The lowest BCUT2D eigenvalue weighted by Crippen LogP contribution is -2.38. The van der Waals surface area contributed by atoms with E-state index in [4.69, 9.17) is 9.98 Å². The Hall–Kier alpha value is -4.56. The molecule has 0 spiro atoms. The Kier molecular flexibility index (Phi) is 6.77. The van der Waals surface area contributed by atoms with Crippen LogP contribution >= 0.6 is 0 Å². The molecule has 2 atom stereocenters. The summed E-state index contributed by atoms with van der Waals surface area (Å²) < 4.78 is 0. The van der Waals surface area contributed by atoms with Crippen LogP contribution in [0.15, 0.2) is 154 Å². The van der Waals surface area contributed by atoms with E-state index < -0.39 is 0 Å². The zero-order chi connectivity index (χ0) is 30.6. The molecule has 0 N–H and O–H groups in total. The van der Waals surface area contributed by atoms with E-state index in [-0.39, 0.29) is 22.7 Å². The molecule has 3 aliphatic carbocycles. The molecule has 0 amide bonds. The van der Waals surface area contributed by atoms with Crippen molar-refractivity contribution in [2.45, 2.75) is 41.5 Å². The maximum absolute atomic E-state index is 5.60. The fourth-order valence-electron chi connectivity index (χ4n) is 6.66. The molecule has 218 valence electrons. The minimum absolute atomic E-state index is 0.00223. The molecule has 0 saturated heterocycles. The molecule has 44 heavy (non-hydrogen) atoms. The van der Waals surface area contributed by atoms with Crippen LogP contribution in [0.5, 0.6) is 0 Å². The van der Waals surface area contributed by atoms with Crippen molar-refractivity contribution >= 4 is 44.3 Å². The average molecular weight is 573 g/mol. The second-order valence-electron chi connectivity index (χ2n) is 14.3. The highest BCUT2D eigenvalue weighted by atomic mass is 14.8. The van der Waals surface area contributed by atoms with Crippen LogP contribution in [0.4, 0.5) is 11.4 Å². The monoisotopic (exact) mass is 572 g/mol. The topological polar surface area (TPSA) is 24.7 Å². The molecule has 4 aromatic carbocycles. The Morgan fingerprint density at radius 2 is 0.841 bits per heavy atom. The van der Waals surface area contributed by atoms with E-state index in [2.05, 4.69) is 163 Å². The Bertz CT molecular complexity index is 1870. The molecule has 0 saturated carbocycles. The highest BCUT2D eigenvalue weighted by Gasteiger charge is 2.40. The SMILES string of the molecule is CC(C)(C)C1=CC2C(=Nc3cccc4ccccc34)C(=Nc3cccc4ccccc34)C3C=C(C(C)(C)C)C=CC3=C2C=C1. The Morgan fingerprint density at radius 1 is 0.455 bits per heavy atom. The first-order valence-electron chi connectivity index (χ1n) is 15.8. The number of hydrogen-bond donors (Lipinski definition) is 0. The molecule has 0 aliphatic heterocycles. The molecule has 2 nitrogen and oxygen atoms in total. The summed E-state index contributed by atoms with van der Waals surface area (Å²) >= 11 is 0. The van der Waals surface area contributed by atoms with Gasteiger partial charge in [-0.3, -0.25) is 0 Å². The van der Waals surface area contributed by atoms with Gasteiger partial charge in [0, 0.05) is 22.6 Å². The molecular weight excluding hydrogens is 532 g/mol. The summed E-state index contributed by atoms with van der Waals surface area (Å²) in [7, 11) is 0. The zero-order valence-corrected chi connectivity index (χ0v) is 26.6. The normalized spacial score (nSPS) is 22.0. The Labute approximate surface area is 261 Å². The van der Waals surface area contributed by atoms with E-state index in [1.807, 2.05) is 0 Å². The third-order valence-corrected chi connectivity index (χ3v) is 9.18. The van der Waals surface area contributed by atoms with Crippen LogP contribution in [-0.4, -0.2) is 11.4 Å². The van der Waals surface area contributed by atoms with Crippen LogP contribution in [0.25, 0.3) is 21.5 Å². The summed E-state index contributed by atoms with van der Waals surface area (Å²) in [5.41, 5.74) is 9.35. The van der Waals surface area contributed by atoms with Crippen molar-refractivity contribution in [1.29, 1.82) is 0 Å². The van der Waals surface area contributed by atoms with Gasteiger partial charge in [-0.1, -0.05) is 151 Å². The molecule has 3 aliphatic rings. The van der Waals surface area contributed by atoms with E-state index in [0.717, 1.165) is 33.6 Å². The second kappa shape index (κ2) is 10.6. The molecule has 0 aromatic heterocycles. The van der Waals surface area contributed by atoms with E-state index in [9.17, 15) is 0 Å². The minimum Gasteiger partial charge on any atom is -0.250 e. The van der Waals surface area contributed by atoms with Gasteiger partial charge in [0.1, 0.15) is 0 Å². The smallest absolute Gasteiger partial charge is 0.0748 e. The molecule has 2 heteroatoms. The first-order valence-corrected chi connectivity index (χ1v) is 15.8. The number of fused-ring (bicyclic) bond motifs is 4. The number of allylic oxidation sites excluding steroid dienone is 10. The van der Waals surface area contributed by atoms with Crippen LogP contribution in [0, 0.1) is 22.7 Å². The van der Waals surface area contributed by atoms with E-state index >= 15 is 0 Å². The standard InChI is InChI=1S/C42H40N2/c1-41(2,3)29-21-23-33-34-24-22-30(42(4,5)6)26-36(34)40(44-38-20-12-16-28-14-8-10-18-32(28)38)39(35(33)25-29)43-37-19-11-15-27-13-7-9-17-31(27)37/h7-26,35-36H,1-6H3. The van der Waals surface area contributed by atoms with Crippen molar-refractivity contribution in [2.75, 3.05) is 0 Å². The molecular formula is C42H40N2. The van der Waals surface area contributed by atoms with Crippen LogP contribution in [0.2, 0.25) is 0 Å². The van der Waals surface area contributed by atoms with Gasteiger partial charge in [0.25, 0.3) is 0 Å². The van der Waals surface area contributed by atoms with E-state index in [1.54, 1.807) is 0 Å². The molecule has 4 aromatic rings. The lowest BCUT2D eigenvalue weighted by Gasteiger charge is -2.38. The summed E-state index contributed by atoms with van der Waals surface area (Å²) in [5, 5.41) is 4.70. The van der Waals surface area contributed by atoms with E-state index in [0.29, 0.717) is 0 Å². The van der Waals surface area contributed by atoms with Crippen LogP contribution in [-0.2, 0) is 0 Å². The van der Waals surface area contributed by atoms with Crippen molar-refractivity contribution in [3.63, 3.8) is 0 Å². The van der Waals surface area contributed by atoms with Crippen LogP contribution in [0.3, 0.4) is 0 Å². The van der Waals surface area contributed by atoms with Gasteiger partial charge in [-0.2, -0.15) is 0 Å². The lowest BCUT2D eigenvalue weighted by atomic mass is 9.66.